The SMILES string of the molecule is CC(C)(N)c1[nH]nc2sccc12. The van der Waals surface area contributed by atoms with Gasteiger partial charge in [0.25, 0.3) is 0 Å². The second kappa shape index (κ2) is 2.31. The molecule has 0 saturated heterocycles. The lowest BCUT2D eigenvalue weighted by Crippen LogP contribution is -2.29. The number of aromatic nitrogens is 2. The Labute approximate surface area is 74.6 Å². The zero-order valence-corrected chi connectivity index (χ0v) is 7.90. The second-order valence-corrected chi connectivity index (χ2v) is 4.35. The maximum Gasteiger partial charge on any atom is 0.145 e. The van der Waals surface area contributed by atoms with E-state index in [1.54, 1.807) is 11.3 Å². The van der Waals surface area contributed by atoms with Gasteiger partial charge < -0.3 is 5.73 Å². The average Bonchev–Trinajstić information content (AvgIpc) is 2.37. The van der Waals surface area contributed by atoms with Crippen molar-refractivity contribution < 1.29 is 0 Å². The zero-order chi connectivity index (χ0) is 8.77. The van der Waals surface area contributed by atoms with Crippen LogP contribution in [0, 0.1) is 0 Å². The zero-order valence-electron chi connectivity index (χ0n) is 7.09. The van der Waals surface area contributed by atoms with E-state index in [0.29, 0.717) is 0 Å². The van der Waals surface area contributed by atoms with Crippen LogP contribution in [0.4, 0.5) is 0 Å². The normalized spacial score (nSPS) is 12.6. The highest BCUT2D eigenvalue weighted by molar-refractivity contribution is 7.16. The molecule has 0 atom stereocenters. The summed E-state index contributed by atoms with van der Waals surface area (Å²) in [5.74, 6) is 0. The van der Waals surface area contributed by atoms with E-state index in [1.165, 1.54) is 0 Å². The van der Waals surface area contributed by atoms with Crippen molar-refractivity contribution in [3.8, 4) is 0 Å². The van der Waals surface area contributed by atoms with E-state index in [-0.39, 0.29) is 5.54 Å². The number of nitrogens with one attached hydrogen (secondary N) is 1. The summed E-state index contributed by atoms with van der Waals surface area (Å²) in [4.78, 5) is 1.03. The van der Waals surface area contributed by atoms with Gasteiger partial charge in [-0.15, -0.1) is 11.3 Å². The smallest absolute Gasteiger partial charge is 0.145 e. The molecule has 0 aromatic carbocycles. The van der Waals surface area contributed by atoms with E-state index in [9.17, 15) is 0 Å². The van der Waals surface area contributed by atoms with Crippen LogP contribution in [0.1, 0.15) is 19.5 Å². The second-order valence-electron chi connectivity index (χ2n) is 3.46. The number of thiophene rings is 1. The number of hydrogen-bond donors (Lipinski definition) is 2. The molecule has 0 aliphatic heterocycles. The van der Waals surface area contributed by atoms with E-state index < -0.39 is 0 Å². The van der Waals surface area contributed by atoms with Crippen molar-refractivity contribution in [2.45, 2.75) is 19.4 Å². The first kappa shape index (κ1) is 7.76. The molecular formula is C8H11N3S. The van der Waals surface area contributed by atoms with Crippen molar-refractivity contribution in [2.24, 2.45) is 5.73 Å². The van der Waals surface area contributed by atoms with Gasteiger partial charge in [-0.1, -0.05) is 0 Å². The highest BCUT2D eigenvalue weighted by Gasteiger charge is 2.20. The fraction of sp³-hybridized carbons (Fsp3) is 0.375. The summed E-state index contributed by atoms with van der Waals surface area (Å²) in [7, 11) is 0. The summed E-state index contributed by atoms with van der Waals surface area (Å²) in [5.41, 5.74) is 6.64. The topological polar surface area (TPSA) is 54.7 Å². The fourth-order valence-corrected chi connectivity index (χ4v) is 1.96. The minimum atomic E-state index is -0.337. The lowest BCUT2D eigenvalue weighted by Gasteiger charge is -2.15. The molecule has 2 rings (SSSR count). The third-order valence-corrected chi connectivity index (χ3v) is 2.63. The molecule has 0 fully saturated rings. The lowest BCUT2D eigenvalue weighted by atomic mass is 10.0. The first-order valence-electron chi connectivity index (χ1n) is 3.80. The van der Waals surface area contributed by atoms with Crippen LogP contribution in [0.3, 0.4) is 0 Å². The lowest BCUT2D eigenvalue weighted by molar-refractivity contribution is 0.538. The number of nitrogens with zero attached hydrogens (tertiary/aromatic N) is 1. The molecule has 0 aliphatic carbocycles. The standard InChI is InChI=1S/C8H11N3S/c1-8(2,9)6-5-3-4-12-7(5)11-10-6/h3-4H,9H2,1-2H3,(H,10,11). The molecule has 0 spiro atoms. The van der Waals surface area contributed by atoms with Crippen molar-refractivity contribution in [1.82, 2.24) is 10.2 Å². The minimum absolute atomic E-state index is 0.337. The summed E-state index contributed by atoms with van der Waals surface area (Å²) < 4.78 is 0. The molecule has 3 nitrogen and oxygen atoms in total. The molecule has 3 N–H and O–H groups in total. The first-order valence-corrected chi connectivity index (χ1v) is 4.68. The largest absolute Gasteiger partial charge is 0.321 e. The number of nitrogens with two attached hydrogens (primary N) is 1. The maximum atomic E-state index is 5.96. The Morgan fingerprint density at radius 3 is 3.00 bits per heavy atom. The Hall–Kier alpha value is -0.870. The van der Waals surface area contributed by atoms with Crippen molar-refractivity contribution in [2.75, 3.05) is 0 Å². The summed E-state index contributed by atoms with van der Waals surface area (Å²) >= 11 is 1.63. The van der Waals surface area contributed by atoms with Crippen molar-refractivity contribution in [3.05, 3.63) is 17.1 Å². The number of fused-ring (bicyclic) bond motifs is 1. The molecule has 2 aromatic rings. The van der Waals surface area contributed by atoms with Gasteiger partial charge in [-0.05, 0) is 25.3 Å². The van der Waals surface area contributed by atoms with Crippen molar-refractivity contribution in [1.29, 1.82) is 0 Å². The number of rotatable bonds is 1. The van der Waals surface area contributed by atoms with Gasteiger partial charge in [-0.3, -0.25) is 5.10 Å². The van der Waals surface area contributed by atoms with Crippen molar-refractivity contribution in [3.63, 3.8) is 0 Å². The van der Waals surface area contributed by atoms with Crippen LogP contribution < -0.4 is 5.73 Å². The molecule has 0 aliphatic rings. The van der Waals surface area contributed by atoms with E-state index in [2.05, 4.69) is 10.2 Å². The van der Waals surface area contributed by atoms with Crippen molar-refractivity contribution >= 4 is 21.6 Å². The number of hydrogen-bond acceptors (Lipinski definition) is 3. The Morgan fingerprint density at radius 2 is 2.33 bits per heavy atom. The highest BCUT2D eigenvalue weighted by Crippen LogP contribution is 2.27. The monoisotopic (exact) mass is 181 g/mol. The average molecular weight is 181 g/mol. The Balaban J connectivity index is 2.69. The minimum Gasteiger partial charge on any atom is -0.321 e. The molecular weight excluding hydrogens is 170 g/mol. The summed E-state index contributed by atoms with van der Waals surface area (Å²) in [6, 6.07) is 2.05. The van der Waals surface area contributed by atoms with E-state index in [0.717, 1.165) is 15.9 Å². The van der Waals surface area contributed by atoms with Gasteiger partial charge in [0.2, 0.25) is 0 Å². The predicted molar refractivity (Wildman–Crippen MR) is 51.2 cm³/mol. The van der Waals surface area contributed by atoms with Gasteiger partial charge in [0, 0.05) is 5.39 Å². The summed E-state index contributed by atoms with van der Waals surface area (Å²) in [5, 5.41) is 10.3. The van der Waals surface area contributed by atoms with Gasteiger partial charge >= 0.3 is 0 Å². The van der Waals surface area contributed by atoms with Gasteiger partial charge in [-0.2, -0.15) is 5.10 Å². The Bertz CT molecular complexity index is 394. The first-order chi connectivity index (χ1) is 5.59. The van der Waals surface area contributed by atoms with Crippen LogP contribution in [-0.2, 0) is 5.54 Å². The quantitative estimate of drug-likeness (QED) is 0.705. The molecule has 0 saturated carbocycles. The molecule has 0 radical (unpaired) electrons. The third-order valence-electron chi connectivity index (χ3n) is 1.83. The highest BCUT2D eigenvalue weighted by atomic mass is 32.1. The fourth-order valence-electron chi connectivity index (χ4n) is 1.24. The molecule has 0 amide bonds. The molecule has 64 valence electrons. The predicted octanol–water partition coefficient (Wildman–Crippen LogP) is 1.82. The molecule has 2 aromatic heterocycles. The maximum absolute atomic E-state index is 5.96. The van der Waals surface area contributed by atoms with Gasteiger partial charge in [0.1, 0.15) is 4.83 Å². The molecule has 4 heteroatoms. The molecule has 12 heavy (non-hydrogen) atoms. The van der Waals surface area contributed by atoms with Gasteiger partial charge in [-0.25, -0.2) is 0 Å². The van der Waals surface area contributed by atoms with Crippen LogP contribution in [0.15, 0.2) is 11.4 Å². The van der Waals surface area contributed by atoms with Crippen LogP contribution >= 0.6 is 11.3 Å². The summed E-state index contributed by atoms with van der Waals surface area (Å²) in [6.07, 6.45) is 0. The van der Waals surface area contributed by atoms with E-state index in [4.69, 9.17) is 5.73 Å². The van der Waals surface area contributed by atoms with E-state index in [1.807, 2.05) is 25.3 Å². The Kier molecular flexibility index (Phi) is 1.49. The van der Waals surface area contributed by atoms with Crippen LogP contribution in [0.5, 0.6) is 0 Å². The third kappa shape index (κ3) is 1.04. The number of aromatic amines is 1. The number of H-pyrrole nitrogens is 1. The molecule has 2 heterocycles. The van der Waals surface area contributed by atoms with Crippen LogP contribution in [0.25, 0.3) is 10.2 Å². The van der Waals surface area contributed by atoms with Crippen LogP contribution in [0.2, 0.25) is 0 Å². The summed E-state index contributed by atoms with van der Waals surface area (Å²) in [6.45, 7) is 3.94. The van der Waals surface area contributed by atoms with E-state index >= 15 is 0 Å². The molecule has 0 bridgehead atoms. The van der Waals surface area contributed by atoms with Crippen LogP contribution in [-0.4, -0.2) is 10.2 Å². The Morgan fingerprint density at radius 1 is 1.58 bits per heavy atom. The van der Waals surface area contributed by atoms with Gasteiger partial charge in [0.05, 0.1) is 11.2 Å². The molecule has 0 unspecified atom stereocenters. The van der Waals surface area contributed by atoms with Gasteiger partial charge in [0.15, 0.2) is 0 Å².